The van der Waals surface area contributed by atoms with Gasteiger partial charge in [0.15, 0.2) is 0 Å². The monoisotopic (exact) mass is 284 g/mol. The molecule has 0 saturated carbocycles. The van der Waals surface area contributed by atoms with E-state index in [1.165, 1.54) is 26.7 Å². The summed E-state index contributed by atoms with van der Waals surface area (Å²) in [4.78, 5) is 0. The van der Waals surface area contributed by atoms with Crippen LogP contribution in [0, 0.1) is 0 Å². The van der Waals surface area contributed by atoms with Gasteiger partial charge in [-0.05, 0) is 41.2 Å². The van der Waals surface area contributed by atoms with E-state index in [1.807, 2.05) is 0 Å². The van der Waals surface area contributed by atoms with Crippen LogP contribution in [0.1, 0.15) is 17.5 Å². The smallest absolute Gasteiger partial charge is 0.0250 e. The molecule has 0 aromatic heterocycles. The van der Waals surface area contributed by atoms with Crippen molar-refractivity contribution in [2.45, 2.75) is 12.8 Å². The average Bonchev–Trinajstić information content (AvgIpc) is 2.41. The van der Waals surface area contributed by atoms with Crippen LogP contribution in [0.3, 0.4) is 0 Å². The van der Waals surface area contributed by atoms with Gasteiger partial charge in [-0.25, -0.2) is 0 Å². The van der Waals surface area contributed by atoms with Gasteiger partial charge in [0, 0.05) is 4.47 Å². The van der Waals surface area contributed by atoms with Crippen LogP contribution < -0.4 is 0 Å². The van der Waals surface area contributed by atoms with E-state index in [0.29, 0.717) is 0 Å². The van der Waals surface area contributed by atoms with E-state index in [1.54, 1.807) is 0 Å². The Labute approximate surface area is 110 Å². The largest absolute Gasteiger partial charge is 0.0836 e. The van der Waals surface area contributed by atoms with Crippen molar-refractivity contribution in [1.82, 2.24) is 0 Å². The van der Waals surface area contributed by atoms with Crippen LogP contribution in [0.15, 0.2) is 53.0 Å². The molecule has 1 aliphatic carbocycles. The number of rotatable bonds is 1. The molecule has 0 N–H and O–H groups in total. The molecule has 2 aromatic rings. The van der Waals surface area contributed by atoms with Crippen LogP contribution >= 0.6 is 15.9 Å². The molecule has 0 radical (unpaired) electrons. The lowest BCUT2D eigenvalue weighted by molar-refractivity contribution is 0.986. The molecular formula is C16H13Br. The summed E-state index contributed by atoms with van der Waals surface area (Å²) in [5, 5.41) is 0. The van der Waals surface area contributed by atoms with Crippen molar-refractivity contribution >= 4 is 22.0 Å². The van der Waals surface area contributed by atoms with E-state index in [2.05, 4.69) is 70.5 Å². The van der Waals surface area contributed by atoms with Crippen molar-refractivity contribution in [2.75, 3.05) is 0 Å². The molecule has 0 amide bonds. The zero-order valence-corrected chi connectivity index (χ0v) is 11.1. The number of benzene rings is 2. The molecule has 0 saturated heterocycles. The van der Waals surface area contributed by atoms with E-state index in [0.717, 1.165) is 12.8 Å². The Morgan fingerprint density at radius 1 is 0.941 bits per heavy atom. The van der Waals surface area contributed by atoms with Crippen molar-refractivity contribution in [3.8, 4) is 11.1 Å². The number of hydrogen-bond acceptors (Lipinski definition) is 0. The number of fused-ring (bicyclic) bond motifs is 1. The predicted octanol–water partition coefficient (Wildman–Crippen LogP) is 5.08. The number of allylic oxidation sites excluding steroid dienone is 1. The van der Waals surface area contributed by atoms with Crippen molar-refractivity contribution in [3.05, 3.63) is 64.1 Å². The van der Waals surface area contributed by atoms with Gasteiger partial charge < -0.3 is 0 Å². The van der Waals surface area contributed by atoms with Gasteiger partial charge in [-0.3, -0.25) is 0 Å². The summed E-state index contributed by atoms with van der Waals surface area (Å²) in [5.41, 5.74) is 5.49. The van der Waals surface area contributed by atoms with Crippen LogP contribution in [0.25, 0.3) is 17.2 Å². The third kappa shape index (κ3) is 1.96. The topological polar surface area (TPSA) is 0 Å². The van der Waals surface area contributed by atoms with E-state index in [-0.39, 0.29) is 0 Å². The molecule has 1 heteroatoms. The second kappa shape index (κ2) is 4.50. The van der Waals surface area contributed by atoms with E-state index in [4.69, 9.17) is 0 Å². The molecule has 84 valence electrons. The zero-order chi connectivity index (χ0) is 11.7. The Morgan fingerprint density at radius 2 is 1.76 bits per heavy atom. The number of hydrogen-bond donors (Lipinski definition) is 0. The molecule has 0 nitrogen and oxygen atoms in total. The highest BCUT2D eigenvalue weighted by Crippen LogP contribution is 2.34. The Morgan fingerprint density at radius 3 is 2.59 bits per heavy atom. The summed E-state index contributed by atoms with van der Waals surface area (Å²) in [6, 6.07) is 15.0. The Bertz CT molecular complexity index is 568. The van der Waals surface area contributed by atoms with E-state index in [9.17, 15) is 0 Å². The molecule has 0 atom stereocenters. The van der Waals surface area contributed by atoms with Gasteiger partial charge >= 0.3 is 0 Å². The summed E-state index contributed by atoms with van der Waals surface area (Å²) in [6.07, 6.45) is 6.76. The third-order valence-electron chi connectivity index (χ3n) is 3.23. The van der Waals surface area contributed by atoms with Gasteiger partial charge in [0.2, 0.25) is 0 Å². The summed E-state index contributed by atoms with van der Waals surface area (Å²) >= 11 is 3.64. The van der Waals surface area contributed by atoms with Crippen LogP contribution in [-0.2, 0) is 6.42 Å². The van der Waals surface area contributed by atoms with Crippen molar-refractivity contribution in [3.63, 3.8) is 0 Å². The lowest BCUT2D eigenvalue weighted by Crippen LogP contribution is -1.98. The van der Waals surface area contributed by atoms with Crippen LogP contribution in [0.2, 0.25) is 0 Å². The maximum Gasteiger partial charge on any atom is 0.0250 e. The maximum absolute atomic E-state index is 3.64. The molecular weight excluding hydrogens is 272 g/mol. The molecule has 0 spiro atoms. The summed E-state index contributed by atoms with van der Waals surface area (Å²) in [6.45, 7) is 0. The first-order valence-corrected chi connectivity index (χ1v) is 6.69. The first-order valence-electron chi connectivity index (χ1n) is 5.89. The summed E-state index contributed by atoms with van der Waals surface area (Å²) < 4.78 is 1.20. The third-order valence-corrected chi connectivity index (χ3v) is 3.93. The summed E-state index contributed by atoms with van der Waals surface area (Å²) in [7, 11) is 0. The van der Waals surface area contributed by atoms with Crippen molar-refractivity contribution in [1.29, 1.82) is 0 Å². The standard InChI is InChI=1S/C16H13Br/c17-16-11-10-13(12-6-2-1-3-7-12)14-8-4-5-9-15(14)16/h1-3,5-7,9-11H,4,8H2. The Kier molecular flexibility index (Phi) is 2.86. The SMILES string of the molecule is Brc1ccc(-c2ccccc2)c2c1C=CCC2. The van der Waals surface area contributed by atoms with Crippen molar-refractivity contribution < 1.29 is 0 Å². The number of halogens is 1. The minimum atomic E-state index is 1.13. The van der Waals surface area contributed by atoms with Crippen LogP contribution in [-0.4, -0.2) is 0 Å². The van der Waals surface area contributed by atoms with Gasteiger partial charge in [-0.15, -0.1) is 0 Å². The van der Waals surface area contributed by atoms with E-state index >= 15 is 0 Å². The minimum absolute atomic E-state index is 1.13. The predicted molar refractivity (Wildman–Crippen MR) is 76.9 cm³/mol. The fourth-order valence-electron chi connectivity index (χ4n) is 2.40. The molecule has 0 fully saturated rings. The second-order valence-electron chi connectivity index (χ2n) is 4.29. The molecule has 2 aromatic carbocycles. The van der Waals surface area contributed by atoms with Gasteiger partial charge in [-0.2, -0.15) is 0 Å². The quantitative estimate of drug-likeness (QED) is 0.685. The minimum Gasteiger partial charge on any atom is -0.0836 e. The first kappa shape index (κ1) is 10.8. The van der Waals surface area contributed by atoms with Gasteiger partial charge in [-0.1, -0.05) is 64.5 Å². The molecule has 0 aliphatic heterocycles. The molecule has 17 heavy (non-hydrogen) atoms. The second-order valence-corrected chi connectivity index (χ2v) is 5.15. The van der Waals surface area contributed by atoms with Crippen molar-refractivity contribution in [2.24, 2.45) is 0 Å². The normalized spacial score (nSPS) is 13.5. The molecule has 0 heterocycles. The highest BCUT2D eigenvalue weighted by Gasteiger charge is 2.13. The van der Waals surface area contributed by atoms with Gasteiger partial charge in [0.05, 0.1) is 0 Å². The highest BCUT2D eigenvalue weighted by atomic mass is 79.9. The maximum atomic E-state index is 3.64. The fourth-order valence-corrected chi connectivity index (χ4v) is 2.91. The zero-order valence-electron chi connectivity index (χ0n) is 9.49. The Hall–Kier alpha value is -1.34. The lowest BCUT2D eigenvalue weighted by atomic mass is 9.89. The Balaban J connectivity index is 2.22. The lowest BCUT2D eigenvalue weighted by Gasteiger charge is -2.17. The molecule has 0 unspecified atom stereocenters. The van der Waals surface area contributed by atoms with Crippen LogP contribution in [0.4, 0.5) is 0 Å². The highest BCUT2D eigenvalue weighted by molar-refractivity contribution is 9.10. The molecule has 3 rings (SSSR count). The van der Waals surface area contributed by atoms with Gasteiger partial charge in [0.1, 0.15) is 0 Å². The fraction of sp³-hybridized carbons (Fsp3) is 0.125. The first-order chi connectivity index (χ1) is 8.36. The van der Waals surface area contributed by atoms with Crippen LogP contribution in [0.5, 0.6) is 0 Å². The summed E-state index contributed by atoms with van der Waals surface area (Å²) in [5.74, 6) is 0. The molecule has 0 bridgehead atoms. The molecule has 1 aliphatic rings. The van der Waals surface area contributed by atoms with E-state index < -0.39 is 0 Å². The average molecular weight is 285 g/mol. The van der Waals surface area contributed by atoms with Gasteiger partial charge in [0.25, 0.3) is 0 Å².